The smallest absolute Gasteiger partial charge is 0.345 e. The number of nitrogens with zero attached hydrogens (tertiary/aromatic N) is 7. The molecular formula is C13H12F3N7O. The van der Waals surface area contributed by atoms with E-state index in [1.807, 2.05) is 4.90 Å². The lowest BCUT2D eigenvalue weighted by molar-refractivity contribution is -0.146. The molecule has 0 spiro atoms. The number of aryl methyl sites for hydroxylation is 1. The largest absolute Gasteiger partial charge is 0.453 e. The van der Waals surface area contributed by atoms with Gasteiger partial charge in [0.2, 0.25) is 5.89 Å². The number of aromatic nitrogens is 6. The summed E-state index contributed by atoms with van der Waals surface area (Å²) in [6, 6.07) is 2.90. The number of alkyl halides is 3. The average Bonchev–Trinajstić information content (AvgIpc) is 3.23. The van der Waals surface area contributed by atoms with Crippen molar-refractivity contribution in [1.82, 2.24) is 30.0 Å². The Morgan fingerprint density at radius 3 is 2.79 bits per heavy atom. The van der Waals surface area contributed by atoms with E-state index in [4.69, 9.17) is 4.52 Å². The molecule has 0 bridgehead atoms. The van der Waals surface area contributed by atoms with Crippen LogP contribution in [-0.2, 0) is 6.18 Å². The molecule has 8 nitrogen and oxygen atoms in total. The minimum atomic E-state index is -4.62. The van der Waals surface area contributed by atoms with Crippen LogP contribution in [0, 0.1) is 6.92 Å². The van der Waals surface area contributed by atoms with Gasteiger partial charge in [-0.2, -0.15) is 22.7 Å². The Bertz CT molecular complexity index is 887. The highest BCUT2D eigenvalue weighted by molar-refractivity contribution is 5.47. The third-order valence-corrected chi connectivity index (χ3v) is 3.89. The summed E-state index contributed by atoms with van der Waals surface area (Å²) in [7, 11) is 0. The van der Waals surface area contributed by atoms with Crippen molar-refractivity contribution >= 4 is 11.5 Å². The highest BCUT2D eigenvalue weighted by Crippen LogP contribution is 2.34. The average molecular weight is 339 g/mol. The van der Waals surface area contributed by atoms with E-state index >= 15 is 0 Å². The zero-order chi connectivity index (χ0) is 16.9. The second-order valence-electron chi connectivity index (χ2n) is 5.51. The first kappa shape index (κ1) is 14.8. The molecule has 3 aromatic heterocycles. The van der Waals surface area contributed by atoms with Gasteiger partial charge in [-0.1, -0.05) is 5.16 Å². The van der Waals surface area contributed by atoms with E-state index in [1.54, 1.807) is 13.0 Å². The highest BCUT2D eigenvalue weighted by Gasteiger charge is 2.38. The lowest BCUT2D eigenvalue weighted by Gasteiger charge is -2.23. The standard InChI is InChI=1S/C13H12F3N7O/c1-7-17-11(21-24-7)8-3-2-6-22(8)10-5-4-9-18-19-12(13(14,15)16)23(9)20-10/h4-5,8H,2-3,6H2,1H3. The van der Waals surface area contributed by atoms with Crippen LogP contribution in [0.15, 0.2) is 16.7 Å². The van der Waals surface area contributed by atoms with Crippen LogP contribution in [0.5, 0.6) is 0 Å². The van der Waals surface area contributed by atoms with E-state index in [2.05, 4.69) is 25.4 Å². The monoisotopic (exact) mass is 339 g/mol. The first-order valence-corrected chi connectivity index (χ1v) is 7.30. The Labute approximate surface area is 133 Å². The Morgan fingerprint density at radius 2 is 2.08 bits per heavy atom. The van der Waals surface area contributed by atoms with Crippen molar-refractivity contribution in [3.05, 3.63) is 29.7 Å². The number of anilines is 1. The molecule has 0 radical (unpaired) electrons. The zero-order valence-electron chi connectivity index (χ0n) is 12.5. The van der Waals surface area contributed by atoms with E-state index in [-0.39, 0.29) is 11.7 Å². The van der Waals surface area contributed by atoms with Gasteiger partial charge in [0.15, 0.2) is 11.5 Å². The first-order valence-electron chi connectivity index (χ1n) is 7.30. The Balaban J connectivity index is 1.75. The summed E-state index contributed by atoms with van der Waals surface area (Å²) < 4.78 is 44.7. The van der Waals surface area contributed by atoms with Crippen LogP contribution < -0.4 is 4.90 Å². The molecule has 4 rings (SSSR count). The highest BCUT2D eigenvalue weighted by atomic mass is 19.4. The van der Waals surface area contributed by atoms with E-state index in [9.17, 15) is 13.2 Å². The lowest BCUT2D eigenvalue weighted by Crippen LogP contribution is -2.25. The molecule has 1 fully saturated rings. The van der Waals surface area contributed by atoms with Gasteiger partial charge in [0.1, 0.15) is 5.82 Å². The van der Waals surface area contributed by atoms with Gasteiger partial charge in [0, 0.05) is 13.5 Å². The molecule has 4 heterocycles. The quantitative estimate of drug-likeness (QED) is 0.707. The molecule has 1 aliphatic rings. The van der Waals surface area contributed by atoms with Crippen molar-refractivity contribution in [1.29, 1.82) is 0 Å². The minimum absolute atomic E-state index is 0.0391. The number of hydrogen-bond donors (Lipinski definition) is 0. The Kier molecular flexibility index (Phi) is 3.18. The second-order valence-corrected chi connectivity index (χ2v) is 5.51. The predicted molar refractivity (Wildman–Crippen MR) is 74.1 cm³/mol. The molecular weight excluding hydrogens is 327 g/mol. The summed E-state index contributed by atoms with van der Waals surface area (Å²) >= 11 is 0. The summed E-state index contributed by atoms with van der Waals surface area (Å²) in [5.74, 6) is 0.188. The maximum atomic E-state index is 13.0. The fourth-order valence-electron chi connectivity index (χ4n) is 2.87. The molecule has 11 heteroatoms. The van der Waals surface area contributed by atoms with Crippen LogP contribution in [0.4, 0.5) is 19.0 Å². The molecule has 0 saturated carbocycles. The van der Waals surface area contributed by atoms with Crippen molar-refractivity contribution in [2.24, 2.45) is 0 Å². The molecule has 0 amide bonds. The maximum absolute atomic E-state index is 13.0. The van der Waals surface area contributed by atoms with E-state index in [0.29, 0.717) is 28.6 Å². The van der Waals surface area contributed by atoms with Crippen molar-refractivity contribution in [3.63, 3.8) is 0 Å². The van der Waals surface area contributed by atoms with Crippen LogP contribution in [0.25, 0.3) is 5.65 Å². The SMILES string of the molecule is Cc1nc(C2CCCN2c2ccc3nnc(C(F)(F)F)n3n2)no1. The maximum Gasteiger partial charge on any atom is 0.453 e. The Morgan fingerprint density at radius 1 is 1.25 bits per heavy atom. The molecule has 126 valence electrons. The van der Waals surface area contributed by atoms with Crippen LogP contribution in [-0.4, -0.2) is 36.5 Å². The third-order valence-electron chi connectivity index (χ3n) is 3.89. The molecule has 24 heavy (non-hydrogen) atoms. The topological polar surface area (TPSA) is 85.2 Å². The van der Waals surface area contributed by atoms with Gasteiger partial charge < -0.3 is 9.42 Å². The predicted octanol–water partition coefficient (Wildman–Crippen LogP) is 2.18. The van der Waals surface area contributed by atoms with Gasteiger partial charge in [0.05, 0.1) is 6.04 Å². The van der Waals surface area contributed by atoms with Crippen LogP contribution in [0.2, 0.25) is 0 Å². The summed E-state index contributed by atoms with van der Waals surface area (Å²) in [4.78, 5) is 6.08. The summed E-state index contributed by atoms with van der Waals surface area (Å²) in [5.41, 5.74) is 0.0391. The van der Waals surface area contributed by atoms with Crippen LogP contribution in [0.3, 0.4) is 0 Å². The van der Waals surface area contributed by atoms with Gasteiger partial charge in [0.25, 0.3) is 5.82 Å². The van der Waals surface area contributed by atoms with Gasteiger partial charge in [-0.05, 0) is 25.0 Å². The van der Waals surface area contributed by atoms with E-state index in [1.165, 1.54) is 6.07 Å². The molecule has 1 saturated heterocycles. The van der Waals surface area contributed by atoms with Gasteiger partial charge in [-0.3, -0.25) is 0 Å². The number of fused-ring (bicyclic) bond motifs is 1. The zero-order valence-corrected chi connectivity index (χ0v) is 12.5. The number of hydrogen-bond acceptors (Lipinski definition) is 7. The first-order chi connectivity index (χ1) is 11.4. The normalized spacial score (nSPS) is 18.7. The number of halogens is 3. The minimum Gasteiger partial charge on any atom is -0.345 e. The molecule has 1 unspecified atom stereocenters. The van der Waals surface area contributed by atoms with Crippen molar-refractivity contribution < 1.29 is 17.7 Å². The second kappa shape index (κ2) is 5.14. The van der Waals surface area contributed by atoms with Crippen molar-refractivity contribution in [3.8, 4) is 0 Å². The lowest BCUT2D eigenvalue weighted by atomic mass is 10.2. The fraction of sp³-hybridized carbons (Fsp3) is 0.462. The van der Waals surface area contributed by atoms with Crippen molar-refractivity contribution in [2.45, 2.75) is 32.0 Å². The molecule has 0 aliphatic carbocycles. The molecule has 1 aliphatic heterocycles. The third kappa shape index (κ3) is 2.36. The summed E-state index contributed by atoms with van der Waals surface area (Å²) in [5, 5.41) is 14.7. The molecule has 3 aromatic rings. The number of rotatable bonds is 2. The van der Waals surface area contributed by atoms with Gasteiger partial charge in [-0.25, -0.2) is 0 Å². The van der Waals surface area contributed by atoms with Crippen molar-refractivity contribution in [2.75, 3.05) is 11.4 Å². The van der Waals surface area contributed by atoms with Gasteiger partial charge in [-0.15, -0.1) is 15.3 Å². The summed E-state index contributed by atoms with van der Waals surface area (Å²) in [6.45, 7) is 2.33. The molecule has 0 aromatic carbocycles. The van der Waals surface area contributed by atoms with E-state index < -0.39 is 12.0 Å². The molecule has 0 N–H and O–H groups in total. The van der Waals surface area contributed by atoms with Crippen LogP contribution in [0.1, 0.15) is 36.4 Å². The van der Waals surface area contributed by atoms with Gasteiger partial charge >= 0.3 is 6.18 Å². The molecule has 1 atom stereocenters. The van der Waals surface area contributed by atoms with Crippen LogP contribution >= 0.6 is 0 Å². The summed E-state index contributed by atoms with van der Waals surface area (Å²) in [6.07, 6.45) is -3.00. The Hall–Kier alpha value is -2.72. The fourth-order valence-corrected chi connectivity index (χ4v) is 2.87. The van der Waals surface area contributed by atoms with E-state index in [0.717, 1.165) is 12.8 Å².